The number of hydrogen-bond acceptors (Lipinski definition) is 3. The Labute approximate surface area is 141 Å². The van der Waals surface area contributed by atoms with E-state index in [2.05, 4.69) is 26.2 Å². The van der Waals surface area contributed by atoms with Gasteiger partial charge < -0.3 is 15.4 Å². The molecule has 2 rings (SSSR count). The van der Waals surface area contributed by atoms with Crippen molar-refractivity contribution in [1.82, 2.24) is 10.3 Å². The molecule has 0 aliphatic heterocycles. The van der Waals surface area contributed by atoms with Crippen LogP contribution in [-0.2, 0) is 4.79 Å². The Kier molecular flexibility index (Phi) is 4.89. The van der Waals surface area contributed by atoms with Gasteiger partial charge >= 0.3 is 5.97 Å². The highest BCUT2D eigenvalue weighted by Gasteiger charge is 2.23. The summed E-state index contributed by atoms with van der Waals surface area (Å²) in [5.74, 6) is -1.33. The average molecular weight is 381 g/mol. The Bertz CT molecular complexity index is 826. The van der Waals surface area contributed by atoms with Crippen LogP contribution in [0.3, 0.4) is 0 Å². The van der Waals surface area contributed by atoms with Crippen molar-refractivity contribution in [2.75, 3.05) is 0 Å². The molecule has 0 spiro atoms. The quantitative estimate of drug-likeness (QED) is 0.742. The van der Waals surface area contributed by atoms with Crippen molar-refractivity contribution in [2.45, 2.75) is 32.2 Å². The molecule has 0 fully saturated rings. The number of carboxylic acids is 1. The van der Waals surface area contributed by atoms with Gasteiger partial charge in [-0.05, 0) is 42.3 Å². The molecule has 0 aliphatic rings. The van der Waals surface area contributed by atoms with Crippen LogP contribution in [0.2, 0.25) is 0 Å². The van der Waals surface area contributed by atoms with Gasteiger partial charge in [0.05, 0.1) is 11.1 Å². The van der Waals surface area contributed by atoms with Crippen molar-refractivity contribution in [2.24, 2.45) is 0 Å². The maximum atomic E-state index is 12.6. The summed E-state index contributed by atoms with van der Waals surface area (Å²) in [6.07, 6.45) is 0.244. The molecule has 0 unspecified atom stereocenters. The maximum absolute atomic E-state index is 12.6. The zero-order valence-corrected chi connectivity index (χ0v) is 14.4. The molecular formula is C16H17BrN2O4. The van der Waals surface area contributed by atoms with Crippen molar-refractivity contribution in [1.29, 1.82) is 0 Å². The molecule has 1 aromatic heterocycles. The maximum Gasteiger partial charge on any atom is 0.303 e. The van der Waals surface area contributed by atoms with Crippen LogP contribution in [0.15, 0.2) is 33.5 Å². The molecule has 6 nitrogen and oxygen atoms in total. The van der Waals surface area contributed by atoms with Crippen molar-refractivity contribution in [3.8, 4) is 0 Å². The number of fused-ring (bicyclic) bond motifs is 1. The largest absolute Gasteiger partial charge is 0.481 e. The first-order chi connectivity index (χ1) is 10.7. The van der Waals surface area contributed by atoms with Gasteiger partial charge in [-0.1, -0.05) is 12.1 Å². The van der Waals surface area contributed by atoms with E-state index in [0.29, 0.717) is 21.8 Å². The van der Waals surface area contributed by atoms with Gasteiger partial charge in [-0.2, -0.15) is 0 Å². The fourth-order valence-electron chi connectivity index (χ4n) is 2.29. The molecule has 0 atom stereocenters. The number of benzene rings is 1. The number of carboxylic acid groups (broad SMARTS) is 1. The van der Waals surface area contributed by atoms with E-state index in [0.717, 1.165) is 0 Å². The van der Waals surface area contributed by atoms with Gasteiger partial charge in [0.1, 0.15) is 0 Å². The number of aromatic amines is 1. The highest BCUT2D eigenvalue weighted by molar-refractivity contribution is 9.10. The summed E-state index contributed by atoms with van der Waals surface area (Å²) in [4.78, 5) is 37.8. The molecule has 122 valence electrons. The second-order valence-corrected chi connectivity index (χ2v) is 6.80. The summed E-state index contributed by atoms with van der Waals surface area (Å²) in [6, 6.07) is 6.54. The fourth-order valence-corrected chi connectivity index (χ4v) is 2.75. The van der Waals surface area contributed by atoms with Gasteiger partial charge in [0.15, 0.2) is 0 Å². The number of pyridine rings is 1. The van der Waals surface area contributed by atoms with Crippen LogP contribution in [0, 0.1) is 0 Å². The summed E-state index contributed by atoms with van der Waals surface area (Å²) < 4.78 is 0.687. The summed E-state index contributed by atoms with van der Waals surface area (Å²) in [7, 11) is 0. The topological polar surface area (TPSA) is 99.3 Å². The summed E-state index contributed by atoms with van der Waals surface area (Å²) in [5.41, 5.74) is -0.268. The number of amides is 1. The van der Waals surface area contributed by atoms with Gasteiger partial charge in [-0.3, -0.25) is 14.4 Å². The van der Waals surface area contributed by atoms with E-state index >= 15 is 0 Å². The normalized spacial score (nSPS) is 11.4. The van der Waals surface area contributed by atoms with E-state index in [1.807, 2.05) is 0 Å². The van der Waals surface area contributed by atoms with Crippen LogP contribution in [0.5, 0.6) is 0 Å². The molecule has 0 saturated carbocycles. The average Bonchev–Trinajstić information content (AvgIpc) is 2.45. The summed E-state index contributed by atoms with van der Waals surface area (Å²) in [5, 5.41) is 12.2. The zero-order valence-electron chi connectivity index (χ0n) is 12.8. The van der Waals surface area contributed by atoms with E-state index in [4.69, 9.17) is 5.11 Å². The number of aliphatic carboxylic acids is 1. The molecule has 7 heteroatoms. The third-order valence-corrected chi connectivity index (χ3v) is 4.15. The standard InChI is InChI=1S/C16H17BrN2O4/c1-16(2,7-6-13(21)22)19-15(23)10-8-12(20)18-14-9(10)4-3-5-11(14)17/h3-5,8H,6-7H2,1-2H3,(H,18,20)(H,19,23)(H,21,22). The summed E-state index contributed by atoms with van der Waals surface area (Å²) in [6.45, 7) is 3.50. The number of carbonyl (C=O) groups is 2. The molecule has 0 saturated heterocycles. The SMILES string of the molecule is CC(C)(CCC(=O)O)NC(=O)c1cc(=O)[nH]c2c(Br)cccc12. The van der Waals surface area contributed by atoms with Gasteiger partial charge in [0.25, 0.3) is 5.91 Å². The van der Waals surface area contributed by atoms with E-state index in [1.165, 1.54) is 6.07 Å². The number of carbonyl (C=O) groups excluding carboxylic acids is 1. The van der Waals surface area contributed by atoms with Crippen LogP contribution in [0.1, 0.15) is 37.0 Å². The van der Waals surface area contributed by atoms with Crippen molar-refractivity contribution in [3.05, 3.63) is 44.7 Å². The van der Waals surface area contributed by atoms with E-state index < -0.39 is 17.4 Å². The van der Waals surface area contributed by atoms with Crippen molar-refractivity contribution >= 4 is 38.7 Å². The highest BCUT2D eigenvalue weighted by atomic mass is 79.9. The lowest BCUT2D eigenvalue weighted by Gasteiger charge is -2.26. The smallest absolute Gasteiger partial charge is 0.303 e. The molecular weight excluding hydrogens is 364 g/mol. The minimum absolute atomic E-state index is 0.0467. The Morgan fingerprint density at radius 1 is 1.35 bits per heavy atom. The lowest BCUT2D eigenvalue weighted by molar-refractivity contribution is -0.137. The van der Waals surface area contributed by atoms with Crippen LogP contribution in [0.25, 0.3) is 10.9 Å². The van der Waals surface area contributed by atoms with E-state index in [9.17, 15) is 14.4 Å². The predicted molar refractivity (Wildman–Crippen MR) is 90.7 cm³/mol. The minimum Gasteiger partial charge on any atom is -0.481 e. The molecule has 23 heavy (non-hydrogen) atoms. The molecule has 1 aromatic carbocycles. The van der Waals surface area contributed by atoms with Crippen LogP contribution >= 0.6 is 15.9 Å². The van der Waals surface area contributed by atoms with Crippen LogP contribution in [-0.4, -0.2) is 27.5 Å². The van der Waals surface area contributed by atoms with Gasteiger partial charge in [-0.25, -0.2) is 0 Å². The number of nitrogens with one attached hydrogen (secondary N) is 2. The minimum atomic E-state index is -0.919. The first-order valence-corrected chi connectivity index (χ1v) is 7.85. The monoisotopic (exact) mass is 380 g/mol. The van der Waals surface area contributed by atoms with Gasteiger partial charge in [0, 0.05) is 27.9 Å². The first-order valence-electron chi connectivity index (χ1n) is 7.05. The van der Waals surface area contributed by atoms with Gasteiger partial charge in [-0.15, -0.1) is 0 Å². The van der Waals surface area contributed by atoms with Crippen LogP contribution in [0.4, 0.5) is 0 Å². The molecule has 1 amide bonds. The highest BCUT2D eigenvalue weighted by Crippen LogP contribution is 2.24. The van der Waals surface area contributed by atoms with Crippen LogP contribution < -0.4 is 10.9 Å². The third kappa shape index (κ3) is 4.19. The van der Waals surface area contributed by atoms with E-state index in [1.54, 1.807) is 32.0 Å². The second-order valence-electron chi connectivity index (χ2n) is 5.94. The summed E-state index contributed by atoms with van der Waals surface area (Å²) >= 11 is 3.35. The lowest BCUT2D eigenvalue weighted by Crippen LogP contribution is -2.44. The molecule has 0 bridgehead atoms. The second kappa shape index (κ2) is 6.54. The number of hydrogen-bond donors (Lipinski definition) is 3. The number of aromatic nitrogens is 1. The zero-order chi connectivity index (χ0) is 17.2. The molecule has 0 aliphatic carbocycles. The van der Waals surface area contributed by atoms with Gasteiger partial charge in [0.2, 0.25) is 5.56 Å². The third-order valence-electron chi connectivity index (χ3n) is 3.49. The molecule has 0 radical (unpaired) electrons. The number of para-hydroxylation sites is 1. The first kappa shape index (κ1) is 17.2. The Balaban J connectivity index is 2.36. The number of halogens is 1. The van der Waals surface area contributed by atoms with E-state index in [-0.39, 0.29) is 17.5 Å². The Hall–Kier alpha value is -2.15. The number of rotatable bonds is 5. The predicted octanol–water partition coefficient (Wildman–Crippen LogP) is 2.66. The molecule has 2 aromatic rings. The fraction of sp³-hybridized carbons (Fsp3) is 0.312. The molecule has 3 N–H and O–H groups in total. The number of H-pyrrole nitrogens is 1. The Morgan fingerprint density at radius 2 is 2.04 bits per heavy atom. The lowest BCUT2D eigenvalue weighted by atomic mass is 9.97. The Morgan fingerprint density at radius 3 is 2.70 bits per heavy atom. The molecule has 1 heterocycles. The van der Waals surface area contributed by atoms with Crippen molar-refractivity contribution < 1.29 is 14.7 Å². The van der Waals surface area contributed by atoms with Crippen molar-refractivity contribution in [3.63, 3.8) is 0 Å².